The molecule has 4 heteroatoms. The van der Waals surface area contributed by atoms with Crippen LogP contribution >= 0.6 is 11.6 Å². The van der Waals surface area contributed by atoms with Crippen LogP contribution in [0.1, 0.15) is 6.92 Å². The summed E-state index contributed by atoms with van der Waals surface area (Å²) in [5, 5.41) is 5.91. The van der Waals surface area contributed by atoms with E-state index in [0.717, 1.165) is 5.57 Å². The van der Waals surface area contributed by atoms with Crippen molar-refractivity contribution in [1.82, 2.24) is 5.32 Å². The average Bonchev–Trinajstić information content (AvgIpc) is 2.15. The Balaban J connectivity index is 2.48. The van der Waals surface area contributed by atoms with Gasteiger partial charge in [0, 0.05) is 17.3 Å². The molecule has 15 heavy (non-hydrogen) atoms. The zero-order valence-electron chi connectivity index (χ0n) is 8.51. The van der Waals surface area contributed by atoms with Crippen molar-refractivity contribution < 1.29 is 4.79 Å². The van der Waals surface area contributed by atoms with E-state index in [1.54, 1.807) is 24.3 Å². The molecule has 0 heterocycles. The second-order valence-corrected chi connectivity index (χ2v) is 3.71. The van der Waals surface area contributed by atoms with Crippen molar-refractivity contribution in [3.8, 4) is 0 Å². The second-order valence-electron chi connectivity index (χ2n) is 3.28. The average molecular weight is 225 g/mol. The van der Waals surface area contributed by atoms with E-state index in [9.17, 15) is 4.79 Å². The van der Waals surface area contributed by atoms with Gasteiger partial charge in [-0.2, -0.15) is 0 Å². The van der Waals surface area contributed by atoms with E-state index in [4.69, 9.17) is 11.6 Å². The monoisotopic (exact) mass is 224 g/mol. The highest BCUT2D eigenvalue weighted by Crippen LogP contribution is 2.14. The molecular formula is C11H13ClN2O. The van der Waals surface area contributed by atoms with Crippen LogP contribution in [0.5, 0.6) is 0 Å². The molecule has 1 aromatic rings. The van der Waals surface area contributed by atoms with Gasteiger partial charge in [0.15, 0.2) is 0 Å². The Bertz CT molecular complexity index is 377. The number of hydrogen-bond donors (Lipinski definition) is 2. The summed E-state index contributed by atoms with van der Waals surface area (Å²) >= 11 is 5.77. The highest BCUT2D eigenvalue weighted by molar-refractivity contribution is 6.30. The summed E-state index contributed by atoms with van der Waals surface area (Å²) in [6.45, 7) is 6.00. The molecule has 0 atom stereocenters. The van der Waals surface area contributed by atoms with Gasteiger partial charge in [-0.3, -0.25) is 0 Å². The van der Waals surface area contributed by atoms with Gasteiger partial charge in [-0.1, -0.05) is 29.8 Å². The molecule has 0 aliphatic rings. The van der Waals surface area contributed by atoms with E-state index in [2.05, 4.69) is 17.2 Å². The third kappa shape index (κ3) is 4.51. The number of urea groups is 1. The van der Waals surface area contributed by atoms with Crippen LogP contribution in [0.15, 0.2) is 36.4 Å². The van der Waals surface area contributed by atoms with Crippen molar-refractivity contribution in [2.75, 3.05) is 11.9 Å². The Morgan fingerprint density at radius 1 is 1.53 bits per heavy atom. The molecule has 0 aliphatic heterocycles. The van der Waals surface area contributed by atoms with Crippen LogP contribution in [0.3, 0.4) is 0 Å². The Kier molecular flexibility index (Phi) is 4.18. The summed E-state index contributed by atoms with van der Waals surface area (Å²) in [4.78, 5) is 11.3. The SMILES string of the molecule is C=C(C)CNC(=O)Nc1cccc(Cl)c1. The van der Waals surface area contributed by atoms with E-state index in [0.29, 0.717) is 17.3 Å². The molecule has 0 aliphatic carbocycles. The first-order chi connectivity index (χ1) is 7.08. The molecule has 0 radical (unpaired) electrons. The Labute approximate surface area is 94.1 Å². The van der Waals surface area contributed by atoms with Crippen LogP contribution < -0.4 is 10.6 Å². The van der Waals surface area contributed by atoms with Crippen LogP contribution in [0, 0.1) is 0 Å². The van der Waals surface area contributed by atoms with Crippen molar-refractivity contribution in [2.45, 2.75) is 6.92 Å². The number of anilines is 1. The number of carbonyl (C=O) groups is 1. The number of benzene rings is 1. The van der Waals surface area contributed by atoms with Gasteiger partial charge < -0.3 is 10.6 Å². The first-order valence-corrected chi connectivity index (χ1v) is 4.90. The van der Waals surface area contributed by atoms with E-state index in [1.165, 1.54) is 0 Å². The minimum Gasteiger partial charge on any atom is -0.334 e. The van der Waals surface area contributed by atoms with Crippen LogP contribution in [-0.4, -0.2) is 12.6 Å². The predicted molar refractivity (Wildman–Crippen MR) is 63.3 cm³/mol. The fourth-order valence-corrected chi connectivity index (χ4v) is 1.16. The van der Waals surface area contributed by atoms with Crippen molar-refractivity contribution >= 4 is 23.3 Å². The van der Waals surface area contributed by atoms with Gasteiger partial charge in [0.2, 0.25) is 0 Å². The van der Waals surface area contributed by atoms with Crippen molar-refractivity contribution in [1.29, 1.82) is 0 Å². The third-order valence-corrected chi connectivity index (χ3v) is 1.87. The van der Waals surface area contributed by atoms with E-state index in [-0.39, 0.29) is 6.03 Å². The molecule has 2 N–H and O–H groups in total. The lowest BCUT2D eigenvalue weighted by Gasteiger charge is -2.07. The highest BCUT2D eigenvalue weighted by atomic mass is 35.5. The van der Waals surface area contributed by atoms with Gasteiger partial charge in [0.25, 0.3) is 0 Å². The Morgan fingerprint density at radius 2 is 2.27 bits per heavy atom. The normalized spacial score (nSPS) is 9.47. The largest absolute Gasteiger partial charge is 0.334 e. The summed E-state index contributed by atoms with van der Waals surface area (Å²) in [6.07, 6.45) is 0. The molecule has 0 spiro atoms. The first-order valence-electron chi connectivity index (χ1n) is 4.53. The summed E-state index contributed by atoms with van der Waals surface area (Å²) in [5.41, 5.74) is 1.57. The quantitative estimate of drug-likeness (QED) is 0.762. The summed E-state index contributed by atoms with van der Waals surface area (Å²) in [6, 6.07) is 6.71. The molecule has 0 fully saturated rings. The lowest BCUT2D eigenvalue weighted by Crippen LogP contribution is -2.29. The number of rotatable bonds is 3. The van der Waals surface area contributed by atoms with Gasteiger partial charge in [-0.25, -0.2) is 4.79 Å². The summed E-state index contributed by atoms with van der Waals surface area (Å²) < 4.78 is 0. The predicted octanol–water partition coefficient (Wildman–Crippen LogP) is 3.04. The molecule has 0 saturated carbocycles. The number of halogens is 1. The van der Waals surface area contributed by atoms with Crippen molar-refractivity contribution in [3.05, 3.63) is 41.4 Å². The van der Waals surface area contributed by atoms with Crippen molar-refractivity contribution in [3.63, 3.8) is 0 Å². The molecule has 3 nitrogen and oxygen atoms in total. The molecule has 0 unspecified atom stereocenters. The molecular weight excluding hydrogens is 212 g/mol. The highest BCUT2D eigenvalue weighted by Gasteiger charge is 2.00. The maximum atomic E-state index is 11.3. The van der Waals surface area contributed by atoms with Gasteiger partial charge in [0.05, 0.1) is 0 Å². The van der Waals surface area contributed by atoms with E-state index < -0.39 is 0 Å². The zero-order chi connectivity index (χ0) is 11.3. The molecule has 0 aromatic heterocycles. The van der Waals surface area contributed by atoms with Crippen LogP contribution in [0.25, 0.3) is 0 Å². The molecule has 2 amide bonds. The molecule has 80 valence electrons. The summed E-state index contributed by atoms with van der Waals surface area (Å²) in [5.74, 6) is 0. The number of hydrogen-bond acceptors (Lipinski definition) is 1. The second kappa shape index (κ2) is 5.41. The topological polar surface area (TPSA) is 41.1 Å². The fraction of sp³-hybridized carbons (Fsp3) is 0.182. The minimum absolute atomic E-state index is 0.264. The lowest BCUT2D eigenvalue weighted by molar-refractivity contribution is 0.253. The summed E-state index contributed by atoms with van der Waals surface area (Å²) in [7, 11) is 0. The Hall–Kier alpha value is -1.48. The molecule has 0 saturated heterocycles. The van der Waals surface area contributed by atoms with E-state index in [1.807, 2.05) is 6.92 Å². The smallest absolute Gasteiger partial charge is 0.319 e. The maximum absolute atomic E-state index is 11.3. The number of amides is 2. The third-order valence-electron chi connectivity index (χ3n) is 1.63. The van der Waals surface area contributed by atoms with Crippen LogP contribution in [0.2, 0.25) is 5.02 Å². The number of nitrogens with one attached hydrogen (secondary N) is 2. The fourth-order valence-electron chi connectivity index (χ4n) is 0.973. The lowest BCUT2D eigenvalue weighted by atomic mass is 10.3. The van der Waals surface area contributed by atoms with Gasteiger partial charge in [-0.05, 0) is 25.1 Å². The van der Waals surface area contributed by atoms with Crippen molar-refractivity contribution in [2.24, 2.45) is 0 Å². The number of carbonyl (C=O) groups excluding carboxylic acids is 1. The Morgan fingerprint density at radius 3 is 2.87 bits per heavy atom. The maximum Gasteiger partial charge on any atom is 0.319 e. The zero-order valence-corrected chi connectivity index (χ0v) is 9.27. The minimum atomic E-state index is -0.264. The van der Waals surface area contributed by atoms with E-state index >= 15 is 0 Å². The first kappa shape index (κ1) is 11.6. The van der Waals surface area contributed by atoms with Gasteiger partial charge >= 0.3 is 6.03 Å². The van der Waals surface area contributed by atoms with Gasteiger partial charge in [-0.15, -0.1) is 0 Å². The molecule has 0 bridgehead atoms. The molecule has 1 aromatic carbocycles. The molecule has 1 rings (SSSR count). The van der Waals surface area contributed by atoms with Crippen LogP contribution in [-0.2, 0) is 0 Å². The van der Waals surface area contributed by atoms with Gasteiger partial charge in [0.1, 0.15) is 0 Å². The van der Waals surface area contributed by atoms with Crippen LogP contribution in [0.4, 0.5) is 10.5 Å². The standard InChI is InChI=1S/C11H13ClN2O/c1-8(2)7-13-11(15)14-10-5-3-4-9(12)6-10/h3-6H,1,7H2,2H3,(H2,13,14,15).